The van der Waals surface area contributed by atoms with E-state index in [1.807, 2.05) is 6.92 Å². The Hall–Kier alpha value is -3.00. The first-order valence-corrected chi connectivity index (χ1v) is 11.3. The lowest BCUT2D eigenvalue weighted by molar-refractivity contribution is -0.141. The number of halogens is 1. The van der Waals surface area contributed by atoms with Gasteiger partial charge in [0.15, 0.2) is 9.84 Å². The van der Waals surface area contributed by atoms with Crippen LogP contribution in [0.5, 0.6) is 0 Å². The molecule has 2 atom stereocenters. The molecule has 2 heterocycles. The summed E-state index contributed by atoms with van der Waals surface area (Å²) in [6.45, 7) is 1.86. The number of aryl methyl sites for hydroxylation is 1. The Morgan fingerprint density at radius 3 is 2.37 bits per heavy atom. The molecule has 2 aliphatic heterocycles. The molecule has 0 radical (unpaired) electrons. The number of nitrogens with zero attached hydrogens (tertiary/aromatic N) is 1. The topological polar surface area (TPSA) is 91.8 Å². The molecule has 8 heteroatoms. The lowest BCUT2D eigenvalue weighted by Gasteiger charge is -2.30. The zero-order chi connectivity index (χ0) is 21.6. The van der Waals surface area contributed by atoms with E-state index in [0.717, 1.165) is 10.5 Å². The second kappa shape index (κ2) is 7.36. The minimum absolute atomic E-state index is 0.0367. The first-order valence-electron chi connectivity index (χ1n) is 9.51. The van der Waals surface area contributed by atoms with Crippen LogP contribution in [-0.4, -0.2) is 47.7 Å². The Morgan fingerprint density at radius 2 is 1.77 bits per heavy atom. The minimum atomic E-state index is -3.36. The van der Waals surface area contributed by atoms with Gasteiger partial charge in [0.1, 0.15) is 11.6 Å². The summed E-state index contributed by atoms with van der Waals surface area (Å²) in [5.74, 6) is -3.35. The lowest BCUT2D eigenvalue weighted by Crippen LogP contribution is -2.40. The van der Waals surface area contributed by atoms with E-state index in [-0.39, 0.29) is 29.1 Å². The molecule has 1 amide bonds. The van der Waals surface area contributed by atoms with Crippen LogP contribution in [0.3, 0.4) is 0 Å². The van der Waals surface area contributed by atoms with E-state index in [9.17, 15) is 27.5 Å². The molecular weight excluding hydrogens is 409 g/mol. The predicted molar refractivity (Wildman–Crippen MR) is 109 cm³/mol. The van der Waals surface area contributed by atoms with Crippen LogP contribution < -0.4 is 0 Å². The van der Waals surface area contributed by atoms with Crippen molar-refractivity contribution < 1.29 is 27.5 Å². The third kappa shape index (κ3) is 3.41. The van der Waals surface area contributed by atoms with Crippen molar-refractivity contribution in [2.24, 2.45) is 0 Å². The quantitative estimate of drug-likeness (QED) is 0.460. The number of carbonyl (C=O) groups excluding carboxylic acids is 2. The highest BCUT2D eigenvalue weighted by Gasteiger charge is 2.51. The number of Topliss-reactive ketones (excluding diaryl/α,β-unsaturated/α-hetero) is 1. The normalized spacial score (nSPS) is 25.1. The molecule has 2 aliphatic rings. The number of likely N-dealkylation sites (tertiary alicyclic amines) is 1. The first kappa shape index (κ1) is 20.3. The van der Waals surface area contributed by atoms with E-state index in [1.54, 1.807) is 30.3 Å². The fourth-order valence-electron chi connectivity index (χ4n) is 4.09. The molecule has 156 valence electrons. The summed E-state index contributed by atoms with van der Waals surface area (Å²) in [4.78, 5) is 27.0. The average Bonchev–Trinajstić information content (AvgIpc) is 3.19. The number of hydrogen-bond acceptors (Lipinski definition) is 5. The molecule has 0 unspecified atom stereocenters. The van der Waals surface area contributed by atoms with Crippen LogP contribution in [0.2, 0.25) is 0 Å². The Kier molecular flexibility index (Phi) is 4.97. The summed E-state index contributed by atoms with van der Waals surface area (Å²) in [5, 5.41) is 10.9. The Bertz CT molecular complexity index is 1170. The van der Waals surface area contributed by atoms with Crippen molar-refractivity contribution >= 4 is 27.3 Å². The SMILES string of the molecule is Cc1ccc(C(O)=C2C(=O)C(=O)N([C@H]3CCS(=O)(=O)C3)[C@H]2c2ccccc2F)cc1. The number of sulfone groups is 1. The van der Waals surface area contributed by atoms with Crippen molar-refractivity contribution in [1.29, 1.82) is 0 Å². The van der Waals surface area contributed by atoms with Gasteiger partial charge >= 0.3 is 0 Å². The molecule has 4 rings (SSSR count). The van der Waals surface area contributed by atoms with Gasteiger partial charge in [-0.1, -0.05) is 48.0 Å². The molecular formula is C22H20FNO5S. The number of aliphatic hydroxyl groups is 1. The summed E-state index contributed by atoms with van der Waals surface area (Å²) in [6, 6.07) is 10.4. The zero-order valence-corrected chi connectivity index (χ0v) is 17.0. The van der Waals surface area contributed by atoms with Crippen LogP contribution >= 0.6 is 0 Å². The maximum Gasteiger partial charge on any atom is 0.295 e. The monoisotopic (exact) mass is 429 g/mol. The zero-order valence-electron chi connectivity index (χ0n) is 16.2. The van der Waals surface area contributed by atoms with Gasteiger partial charge in [0.25, 0.3) is 11.7 Å². The van der Waals surface area contributed by atoms with Gasteiger partial charge in [-0.15, -0.1) is 0 Å². The lowest BCUT2D eigenvalue weighted by atomic mass is 9.94. The van der Waals surface area contributed by atoms with Crippen molar-refractivity contribution in [3.63, 3.8) is 0 Å². The fraction of sp³-hybridized carbons (Fsp3) is 0.273. The number of ketones is 1. The summed E-state index contributed by atoms with van der Waals surface area (Å²) in [5.41, 5.74) is 1.06. The van der Waals surface area contributed by atoms with E-state index in [4.69, 9.17) is 0 Å². The van der Waals surface area contributed by atoms with Gasteiger partial charge in [0.2, 0.25) is 0 Å². The third-order valence-electron chi connectivity index (χ3n) is 5.61. The molecule has 0 bridgehead atoms. The Labute approximate surface area is 173 Å². The Balaban J connectivity index is 1.91. The van der Waals surface area contributed by atoms with Gasteiger partial charge in [-0.25, -0.2) is 12.8 Å². The molecule has 2 aromatic rings. The van der Waals surface area contributed by atoms with Crippen molar-refractivity contribution in [2.45, 2.75) is 25.4 Å². The van der Waals surface area contributed by atoms with Gasteiger partial charge in [-0.05, 0) is 19.4 Å². The molecule has 0 aromatic heterocycles. The number of hydrogen-bond donors (Lipinski definition) is 1. The van der Waals surface area contributed by atoms with Crippen molar-refractivity contribution in [1.82, 2.24) is 4.90 Å². The molecule has 1 N–H and O–H groups in total. The number of rotatable bonds is 3. The summed E-state index contributed by atoms with van der Waals surface area (Å²) < 4.78 is 38.7. The second-order valence-corrected chi connectivity index (χ2v) is 9.88. The predicted octanol–water partition coefficient (Wildman–Crippen LogP) is 2.74. The minimum Gasteiger partial charge on any atom is -0.507 e. The van der Waals surface area contributed by atoms with Crippen molar-refractivity contribution in [2.75, 3.05) is 11.5 Å². The van der Waals surface area contributed by atoms with Crippen LogP contribution in [0, 0.1) is 12.7 Å². The van der Waals surface area contributed by atoms with Crippen molar-refractivity contribution in [3.8, 4) is 0 Å². The molecule has 0 saturated carbocycles. The van der Waals surface area contributed by atoms with E-state index in [0.29, 0.717) is 5.56 Å². The largest absolute Gasteiger partial charge is 0.507 e. The average molecular weight is 429 g/mol. The fourth-order valence-corrected chi connectivity index (χ4v) is 5.80. The molecule has 6 nitrogen and oxygen atoms in total. The third-order valence-corrected chi connectivity index (χ3v) is 7.36. The van der Waals surface area contributed by atoms with Crippen LogP contribution in [0.1, 0.15) is 29.2 Å². The molecule has 2 aromatic carbocycles. The molecule has 2 fully saturated rings. The van der Waals surface area contributed by atoms with Crippen LogP contribution in [0.25, 0.3) is 5.76 Å². The standard InChI is InChI=1S/C22H20FNO5S/c1-13-6-8-14(9-7-13)20(25)18-19(16-4-2-3-5-17(16)23)24(22(27)21(18)26)15-10-11-30(28,29)12-15/h2-9,15,19,25H,10-12H2,1H3/t15-,19-/m0/s1. The number of benzene rings is 2. The molecule has 0 spiro atoms. The number of carbonyl (C=O) groups is 2. The number of amides is 1. The second-order valence-electron chi connectivity index (χ2n) is 7.65. The van der Waals surface area contributed by atoms with E-state index < -0.39 is 45.2 Å². The van der Waals surface area contributed by atoms with E-state index in [1.165, 1.54) is 18.2 Å². The summed E-state index contributed by atoms with van der Waals surface area (Å²) in [6.07, 6.45) is 0.158. The van der Waals surface area contributed by atoms with Gasteiger partial charge in [0, 0.05) is 17.2 Å². The van der Waals surface area contributed by atoms with Gasteiger partial charge in [-0.2, -0.15) is 0 Å². The Morgan fingerprint density at radius 1 is 1.10 bits per heavy atom. The maximum atomic E-state index is 14.7. The smallest absolute Gasteiger partial charge is 0.295 e. The molecule has 2 saturated heterocycles. The van der Waals surface area contributed by atoms with Crippen molar-refractivity contribution in [3.05, 3.63) is 76.6 Å². The van der Waals surface area contributed by atoms with Crippen LogP contribution in [-0.2, 0) is 19.4 Å². The summed E-state index contributed by atoms with van der Waals surface area (Å²) >= 11 is 0. The van der Waals surface area contributed by atoms with E-state index in [2.05, 4.69) is 0 Å². The van der Waals surface area contributed by atoms with Gasteiger partial charge in [-0.3, -0.25) is 9.59 Å². The summed E-state index contributed by atoms with van der Waals surface area (Å²) in [7, 11) is -3.36. The maximum absolute atomic E-state index is 14.7. The van der Waals surface area contributed by atoms with Gasteiger partial charge in [0.05, 0.1) is 23.1 Å². The first-order chi connectivity index (χ1) is 14.2. The molecule has 0 aliphatic carbocycles. The molecule has 30 heavy (non-hydrogen) atoms. The van der Waals surface area contributed by atoms with Gasteiger partial charge < -0.3 is 10.0 Å². The highest BCUT2D eigenvalue weighted by atomic mass is 32.2. The number of aliphatic hydroxyl groups excluding tert-OH is 1. The van der Waals surface area contributed by atoms with Crippen LogP contribution in [0.15, 0.2) is 54.1 Å². The highest BCUT2D eigenvalue weighted by molar-refractivity contribution is 7.91. The van der Waals surface area contributed by atoms with E-state index >= 15 is 0 Å². The van der Waals surface area contributed by atoms with Crippen LogP contribution in [0.4, 0.5) is 4.39 Å². The highest BCUT2D eigenvalue weighted by Crippen LogP contribution is 2.43.